The molecule has 18 heavy (non-hydrogen) atoms. The summed E-state index contributed by atoms with van der Waals surface area (Å²) in [6.07, 6.45) is 7.47. The molecule has 1 heteroatoms. The largest absolute Gasteiger partial charge is 0.298 e. The first kappa shape index (κ1) is 11.5. The van der Waals surface area contributed by atoms with Crippen molar-refractivity contribution in [2.24, 2.45) is 0 Å². The topological polar surface area (TPSA) is 17.1 Å². The first-order valence-corrected chi connectivity index (χ1v) is 6.87. The third-order valence-electron chi connectivity index (χ3n) is 4.17. The van der Waals surface area contributed by atoms with E-state index in [0.29, 0.717) is 5.92 Å². The number of aldehydes is 1. The van der Waals surface area contributed by atoms with Crippen LogP contribution in [0.3, 0.4) is 0 Å². The van der Waals surface area contributed by atoms with Crippen molar-refractivity contribution >= 4 is 17.1 Å². The van der Waals surface area contributed by atoms with E-state index < -0.39 is 0 Å². The van der Waals surface area contributed by atoms with E-state index in [1.54, 1.807) is 0 Å². The van der Waals surface area contributed by atoms with Crippen LogP contribution in [0.2, 0.25) is 0 Å². The zero-order valence-electron chi connectivity index (χ0n) is 10.6. The van der Waals surface area contributed by atoms with Crippen LogP contribution < -0.4 is 0 Å². The fraction of sp³-hybridized carbons (Fsp3) is 0.353. The molecule has 0 bridgehead atoms. The Bertz CT molecular complexity index is 565. The Morgan fingerprint density at radius 1 is 0.944 bits per heavy atom. The number of benzene rings is 2. The second-order valence-electron chi connectivity index (χ2n) is 5.24. The van der Waals surface area contributed by atoms with Gasteiger partial charge in [0.05, 0.1) is 0 Å². The van der Waals surface area contributed by atoms with E-state index in [2.05, 4.69) is 24.3 Å². The van der Waals surface area contributed by atoms with Gasteiger partial charge in [0.15, 0.2) is 6.29 Å². The summed E-state index contributed by atoms with van der Waals surface area (Å²) in [6.45, 7) is 0. The van der Waals surface area contributed by atoms with Crippen molar-refractivity contribution in [1.82, 2.24) is 0 Å². The minimum absolute atomic E-state index is 0.587. The van der Waals surface area contributed by atoms with E-state index >= 15 is 0 Å². The van der Waals surface area contributed by atoms with Gasteiger partial charge in [-0.25, -0.2) is 0 Å². The molecule has 1 aliphatic rings. The normalized spacial score (nSPS) is 16.9. The maximum absolute atomic E-state index is 11.5. The van der Waals surface area contributed by atoms with Gasteiger partial charge in [0, 0.05) is 5.56 Å². The Morgan fingerprint density at radius 3 is 2.50 bits per heavy atom. The van der Waals surface area contributed by atoms with Crippen LogP contribution in [-0.2, 0) is 0 Å². The van der Waals surface area contributed by atoms with E-state index in [4.69, 9.17) is 0 Å². The van der Waals surface area contributed by atoms with E-state index in [-0.39, 0.29) is 0 Å². The molecule has 3 rings (SSSR count). The van der Waals surface area contributed by atoms with E-state index in [0.717, 1.165) is 17.2 Å². The van der Waals surface area contributed by atoms with Crippen molar-refractivity contribution in [1.29, 1.82) is 0 Å². The lowest BCUT2D eigenvalue weighted by atomic mass is 9.81. The first-order valence-electron chi connectivity index (χ1n) is 6.87. The molecule has 0 spiro atoms. The predicted octanol–water partition coefficient (Wildman–Crippen LogP) is 4.70. The van der Waals surface area contributed by atoms with Gasteiger partial charge in [0.1, 0.15) is 0 Å². The van der Waals surface area contributed by atoms with E-state index in [9.17, 15) is 4.79 Å². The molecule has 0 aliphatic heterocycles. The summed E-state index contributed by atoms with van der Waals surface area (Å²) >= 11 is 0. The average Bonchev–Trinajstić information content (AvgIpc) is 2.47. The number of hydrogen-bond acceptors (Lipinski definition) is 1. The summed E-state index contributed by atoms with van der Waals surface area (Å²) in [5.41, 5.74) is 2.18. The number of rotatable bonds is 2. The third kappa shape index (κ3) is 1.94. The Morgan fingerprint density at radius 2 is 1.72 bits per heavy atom. The van der Waals surface area contributed by atoms with Gasteiger partial charge >= 0.3 is 0 Å². The van der Waals surface area contributed by atoms with Crippen LogP contribution in [0.25, 0.3) is 10.8 Å². The van der Waals surface area contributed by atoms with Gasteiger partial charge in [-0.1, -0.05) is 55.7 Å². The molecule has 0 radical (unpaired) electrons. The highest BCUT2D eigenvalue weighted by molar-refractivity contribution is 5.99. The molecule has 2 aromatic carbocycles. The smallest absolute Gasteiger partial charge is 0.150 e. The molecule has 0 unspecified atom stereocenters. The van der Waals surface area contributed by atoms with Crippen molar-refractivity contribution in [2.75, 3.05) is 0 Å². The summed E-state index contributed by atoms with van der Waals surface area (Å²) in [5.74, 6) is 0.587. The lowest BCUT2D eigenvalue weighted by molar-refractivity contribution is 0.112. The molecule has 1 nitrogen and oxygen atoms in total. The van der Waals surface area contributed by atoms with Crippen LogP contribution in [0.1, 0.15) is 53.9 Å². The highest BCUT2D eigenvalue weighted by atomic mass is 16.1. The van der Waals surface area contributed by atoms with Crippen molar-refractivity contribution in [3.8, 4) is 0 Å². The molecular weight excluding hydrogens is 220 g/mol. The summed E-state index contributed by atoms with van der Waals surface area (Å²) < 4.78 is 0. The zero-order chi connectivity index (χ0) is 12.4. The number of fused-ring (bicyclic) bond motifs is 1. The first-order chi connectivity index (χ1) is 8.90. The van der Waals surface area contributed by atoms with Crippen LogP contribution in [-0.4, -0.2) is 6.29 Å². The second-order valence-corrected chi connectivity index (χ2v) is 5.24. The van der Waals surface area contributed by atoms with Gasteiger partial charge in [-0.15, -0.1) is 0 Å². The molecule has 0 N–H and O–H groups in total. The minimum atomic E-state index is 0.587. The molecule has 0 aromatic heterocycles. The Hall–Kier alpha value is -1.63. The highest BCUT2D eigenvalue weighted by Gasteiger charge is 2.19. The van der Waals surface area contributed by atoms with Gasteiger partial charge < -0.3 is 0 Å². The van der Waals surface area contributed by atoms with Crippen molar-refractivity contribution in [2.45, 2.75) is 38.0 Å². The molecular formula is C17H18O. The van der Waals surface area contributed by atoms with Crippen LogP contribution in [0.5, 0.6) is 0 Å². The maximum Gasteiger partial charge on any atom is 0.150 e. The zero-order valence-corrected chi connectivity index (χ0v) is 10.6. The maximum atomic E-state index is 11.5. The fourth-order valence-corrected chi connectivity index (χ4v) is 3.21. The summed E-state index contributed by atoms with van der Waals surface area (Å²) in [5, 5.41) is 2.27. The van der Waals surface area contributed by atoms with Gasteiger partial charge in [-0.2, -0.15) is 0 Å². The molecule has 0 atom stereocenters. The summed E-state index contributed by atoms with van der Waals surface area (Å²) in [4.78, 5) is 11.5. The molecule has 1 aliphatic carbocycles. The van der Waals surface area contributed by atoms with Crippen molar-refractivity contribution < 1.29 is 4.79 Å². The molecule has 0 heterocycles. The standard InChI is InChI=1S/C17H18O/c18-12-17-15-9-5-4-8-14(15)10-11-16(17)13-6-2-1-3-7-13/h4-5,8-13H,1-3,6-7H2. The van der Waals surface area contributed by atoms with Crippen LogP contribution in [0, 0.1) is 0 Å². The van der Waals surface area contributed by atoms with Crippen LogP contribution >= 0.6 is 0 Å². The lowest BCUT2D eigenvalue weighted by Gasteiger charge is -2.23. The molecule has 1 fully saturated rings. The SMILES string of the molecule is O=Cc1c(C2CCCCC2)ccc2ccccc12. The van der Waals surface area contributed by atoms with Crippen LogP contribution in [0.4, 0.5) is 0 Å². The quantitative estimate of drug-likeness (QED) is 0.693. The van der Waals surface area contributed by atoms with Gasteiger partial charge in [-0.3, -0.25) is 4.79 Å². The minimum Gasteiger partial charge on any atom is -0.298 e. The average molecular weight is 238 g/mol. The number of carbonyl (C=O) groups is 1. The molecule has 92 valence electrons. The number of hydrogen-bond donors (Lipinski definition) is 0. The fourth-order valence-electron chi connectivity index (χ4n) is 3.21. The predicted molar refractivity (Wildman–Crippen MR) is 75.2 cm³/mol. The Balaban J connectivity index is 2.13. The third-order valence-corrected chi connectivity index (χ3v) is 4.17. The van der Waals surface area contributed by atoms with Gasteiger partial charge in [-0.05, 0) is 35.1 Å². The lowest BCUT2D eigenvalue weighted by Crippen LogP contribution is -2.07. The van der Waals surface area contributed by atoms with Gasteiger partial charge in [0.2, 0.25) is 0 Å². The molecule has 0 amide bonds. The Kier molecular flexibility index (Phi) is 3.14. The Labute approximate surface area is 108 Å². The van der Waals surface area contributed by atoms with Crippen molar-refractivity contribution in [3.63, 3.8) is 0 Å². The highest BCUT2D eigenvalue weighted by Crippen LogP contribution is 2.36. The summed E-state index contributed by atoms with van der Waals surface area (Å²) in [7, 11) is 0. The molecule has 0 saturated heterocycles. The molecule has 2 aromatic rings. The van der Waals surface area contributed by atoms with Crippen molar-refractivity contribution in [3.05, 3.63) is 47.5 Å². The van der Waals surface area contributed by atoms with Crippen LogP contribution in [0.15, 0.2) is 36.4 Å². The van der Waals surface area contributed by atoms with E-state index in [1.807, 2.05) is 12.1 Å². The second kappa shape index (κ2) is 4.93. The van der Waals surface area contributed by atoms with E-state index in [1.165, 1.54) is 43.1 Å². The molecule has 1 saturated carbocycles. The summed E-state index contributed by atoms with van der Waals surface area (Å²) in [6, 6.07) is 12.5. The number of carbonyl (C=O) groups excluding carboxylic acids is 1. The monoisotopic (exact) mass is 238 g/mol. The van der Waals surface area contributed by atoms with Gasteiger partial charge in [0.25, 0.3) is 0 Å².